The van der Waals surface area contributed by atoms with Crippen molar-refractivity contribution in [2.24, 2.45) is 0 Å². The number of pyridine rings is 1. The third-order valence-corrected chi connectivity index (χ3v) is 3.24. The molecule has 0 atom stereocenters. The van der Waals surface area contributed by atoms with Crippen LogP contribution in [0.15, 0.2) is 18.3 Å². The van der Waals surface area contributed by atoms with Gasteiger partial charge in [-0.15, -0.1) is 0 Å². The quantitative estimate of drug-likeness (QED) is 0.770. The van der Waals surface area contributed by atoms with Crippen LogP contribution < -0.4 is 0 Å². The zero-order chi connectivity index (χ0) is 12.6. The molecule has 2 aromatic heterocycles. The molecule has 0 aliphatic heterocycles. The fourth-order valence-electron chi connectivity index (χ4n) is 1.36. The molecule has 2 heterocycles. The Kier molecular flexibility index (Phi) is 3.61. The summed E-state index contributed by atoms with van der Waals surface area (Å²) >= 11 is 17.7. The highest BCUT2D eigenvalue weighted by Gasteiger charge is 2.11. The molecule has 0 radical (unpaired) electrons. The fraction of sp³-hybridized carbons (Fsp3) is 0.273. The van der Waals surface area contributed by atoms with Gasteiger partial charge in [0.25, 0.3) is 0 Å². The SMILES string of the molecule is CC(C)c1ccn(-c2nc(Cl)c(Cl)cc2Cl)n1. The zero-order valence-electron chi connectivity index (χ0n) is 9.28. The average molecular weight is 291 g/mol. The van der Waals surface area contributed by atoms with Crippen LogP contribution in [0.3, 0.4) is 0 Å². The van der Waals surface area contributed by atoms with E-state index < -0.39 is 0 Å². The molecule has 90 valence electrons. The van der Waals surface area contributed by atoms with Gasteiger partial charge in [-0.05, 0) is 18.1 Å². The minimum atomic E-state index is 0.215. The Morgan fingerprint density at radius 2 is 1.88 bits per heavy atom. The van der Waals surface area contributed by atoms with Gasteiger partial charge in [0.15, 0.2) is 5.82 Å². The van der Waals surface area contributed by atoms with E-state index in [9.17, 15) is 0 Å². The van der Waals surface area contributed by atoms with Crippen LogP contribution in [0.5, 0.6) is 0 Å². The van der Waals surface area contributed by atoms with Crippen LogP contribution in [-0.4, -0.2) is 14.8 Å². The maximum atomic E-state index is 6.06. The summed E-state index contributed by atoms with van der Waals surface area (Å²) in [5.74, 6) is 0.825. The molecule has 17 heavy (non-hydrogen) atoms. The van der Waals surface area contributed by atoms with Gasteiger partial charge in [-0.3, -0.25) is 0 Å². The van der Waals surface area contributed by atoms with E-state index in [1.165, 1.54) is 0 Å². The van der Waals surface area contributed by atoms with Crippen molar-refractivity contribution in [3.05, 3.63) is 39.2 Å². The van der Waals surface area contributed by atoms with Gasteiger partial charge < -0.3 is 0 Å². The van der Waals surface area contributed by atoms with E-state index in [4.69, 9.17) is 34.8 Å². The molecule has 0 fully saturated rings. The Hall–Kier alpha value is -0.770. The first-order valence-corrected chi connectivity index (χ1v) is 6.20. The zero-order valence-corrected chi connectivity index (χ0v) is 11.6. The molecule has 0 spiro atoms. The lowest BCUT2D eigenvalue weighted by Gasteiger charge is -2.05. The van der Waals surface area contributed by atoms with E-state index in [1.54, 1.807) is 16.9 Å². The van der Waals surface area contributed by atoms with Gasteiger partial charge in [-0.1, -0.05) is 48.7 Å². The van der Waals surface area contributed by atoms with Crippen LogP contribution in [0.4, 0.5) is 0 Å². The molecule has 0 amide bonds. The highest BCUT2D eigenvalue weighted by atomic mass is 35.5. The molecule has 3 nitrogen and oxygen atoms in total. The second-order valence-corrected chi connectivity index (χ2v) is 5.08. The van der Waals surface area contributed by atoms with Gasteiger partial charge in [-0.2, -0.15) is 5.10 Å². The molecule has 0 unspecified atom stereocenters. The molecular weight excluding hydrogens is 281 g/mol. The third kappa shape index (κ3) is 2.57. The first kappa shape index (κ1) is 12.7. The summed E-state index contributed by atoms with van der Waals surface area (Å²) in [7, 11) is 0. The van der Waals surface area contributed by atoms with Gasteiger partial charge in [0.2, 0.25) is 0 Å². The summed E-state index contributed by atoms with van der Waals surface area (Å²) in [5, 5.41) is 5.34. The van der Waals surface area contributed by atoms with Gasteiger partial charge in [0.05, 0.1) is 15.7 Å². The van der Waals surface area contributed by atoms with Crippen molar-refractivity contribution in [1.29, 1.82) is 0 Å². The minimum absolute atomic E-state index is 0.215. The highest BCUT2D eigenvalue weighted by Crippen LogP contribution is 2.28. The second kappa shape index (κ2) is 4.84. The average Bonchev–Trinajstić information content (AvgIpc) is 2.72. The van der Waals surface area contributed by atoms with Crippen molar-refractivity contribution in [2.75, 3.05) is 0 Å². The first-order valence-electron chi connectivity index (χ1n) is 5.06. The number of hydrogen-bond acceptors (Lipinski definition) is 2. The van der Waals surface area contributed by atoms with E-state index in [2.05, 4.69) is 23.9 Å². The third-order valence-electron chi connectivity index (χ3n) is 2.29. The number of rotatable bonds is 2. The van der Waals surface area contributed by atoms with Crippen molar-refractivity contribution in [2.45, 2.75) is 19.8 Å². The predicted molar refractivity (Wildman–Crippen MR) is 70.5 cm³/mol. The Labute approximate surface area is 114 Å². The molecule has 0 saturated heterocycles. The summed E-state index contributed by atoms with van der Waals surface area (Å²) in [6.07, 6.45) is 1.80. The molecular formula is C11H10Cl3N3. The topological polar surface area (TPSA) is 30.7 Å². The van der Waals surface area contributed by atoms with Gasteiger partial charge in [0.1, 0.15) is 5.15 Å². The van der Waals surface area contributed by atoms with Crippen LogP contribution in [-0.2, 0) is 0 Å². The molecule has 0 aliphatic carbocycles. The molecule has 0 saturated carbocycles. The van der Waals surface area contributed by atoms with E-state index in [1.807, 2.05) is 6.07 Å². The highest BCUT2D eigenvalue weighted by molar-refractivity contribution is 6.42. The Bertz CT molecular complexity index is 549. The Morgan fingerprint density at radius 1 is 1.18 bits per heavy atom. The van der Waals surface area contributed by atoms with Crippen molar-refractivity contribution in [3.63, 3.8) is 0 Å². The van der Waals surface area contributed by atoms with Crippen LogP contribution in [0.1, 0.15) is 25.5 Å². The largest absolute Gasteiger partial charge is 0.221 e. The lowest BCUT2D eigenvalue weighted by Crippen LogP contribution is -2.01. The van der Waals surface area contributed by atoms with Crippen LogP contribution in [0.2, 0.25) is 15.2 Å². The molecule has 0 bridgehead atoms. The smallest absolute Gasteiger partial charge is 0.173 e. The Morgan fingerprint density at radius 3 is 2.47 bits per heavy atom. The lowest BCUT2D eigenvalue weighted by atomic mass is 10.1. The monoisotopic (exact) mass is 289 g/mol. The minimum Gasteiger partial charge on any atom is -0.221 e. The summed E-state index contributed by atoms with van der Waals surface area (Å²) in [5.41, 5.74) is 0.967. The molecule has 2 aromatic rings. The molecule has 0 N–H and O–H groups in total. The van der Waals surface area contributed by atoms with E-state index >= 15 is 0 Å². The normalized spacial score (nSPS) is 11.2. The van der Waals surface area contributed by atoms with E-state index in [0.29, 0.717) is 21.8 Å². The number of hydrogen-bond donors (Lipinski definition) is 0. The van der Waals surface area contributed by atoms with Crippen LogP contribution in [0, 0.1) is 0 Å². The fourth-order valence-corrected chi connectivity index (χ4v) is 1.94. The van der Waals surface area contributed by atoms with Crippen molar-refractivity contribution < 1.29 is 0 Å². The maximum Gasteiger partial charge on any atom is 0.173 e. The molecule has 6 heteroatoms. The summed E-state index contributed by atoms with van der Waals surface area (Å²) in [6.45, 7) is 4.13. The van der Waals surface area contributed by atoms with E-state index in [0.717, 1.165) is 5.69 Å². The van der Waals surface area contributed by atoms with Gasteiger partial charge in [-0.25, -0.2) is 9.67 Å². The number of nitrogens with zero attached hydrogens (tertiary/aromatic N) is 3. The second-order valence-electron chi connectivity index (χ2n) is 3.91. The summed E-state index contributed by atoms with van der Waals surface area (Å²) in [6, 6.07) is 3.48. The maximum absolute atomic E-state index is 6.06. The Balaban J connectivity index is 2.49. The molecule has 2 rings (SSSR count). The van der Waals surface area contributed by atoms with Gasteiger partial charge in [0, 0.05) is 6.20 Å². The van der Waals surface area contributed by atoms with Crippen molar-refractivity contribution in [1.82, 2.24) is 14.8 Å². The van der Waals surface area contributed by atoms with Gasteiger partial charge >= 0.3 is 0 Å². The summed E-state index contributed by atoms with van der Waals surface area (Å²) in [4.78, 5) is 4.12. The lowest BCUT2D eigenvalue weighted by molar-refractivity contribution is 0.758. The van der Waals surface area contributed by atoms with Crippen molar-refractivity contribution >= 4 is 34.8 Å². The molecule has 0 aromatic carbocycles. The standard InChI is InChI=1S/C11H10Cl3N3/c1-6(2)9-3-4-17(16-9)11-8(13)5-7(12)10(14)15-11/h3-6H,1-2H3. The van der Waals surface area contributed by atoms with Crippen LogP contribution >= 0.6 is 34.8 Å². The number of aromatic nitrogens is 3. The molecule has 0 aliphatic rings. The van der Waals surface area contributed by atoms with Crippen molar-refractivity contribution in [3.8, 4) is 5.82 Å². The van der Waals surface area contributed by atoms with E-state index in [-0.39, 0.29) is 5.15 Å². The number of halogens is 3. The predicted octanol–water partition coefficient (Wildman–Crippen LogP) is 4.35. The first-order chi connectivity index (χ1) is 7.99. The van der Waals surface area contributed by atoms with Crippen LogP contribution in [0.25, 0.3) is 5.82 Å². The summed E-state index contributed by atoms with van der Waals surface area (Å²) < 4.78 is 1.60.